The van der Waals surface area contributed by atoms with Crippen LogP contribution in [0.15, 0.2) is 57.2 Å². The molecule has 6 N–H and O–H groups in total. The third-order valence-electron chi connectivity index (χ3n) is 6.60. The largest absolute Gasteiger partial charge is 0.504 e. The van der Waals surface area contributed by atoms with Crippen molar-refractivity contribution in [3.8, 4) is 11.5 Å². The standard InChI is InChI=1S/C24H21N5O9S3/c1-38-14-8-10(2-7-13(14)30)16-17-18(21(33)29(20(17)32)23(25)34)39-22-19(16)40-24(35)28(22)9-15(31)27-11-3-5-12(6-4-11)41(26,36)37/h2-8,16-18,30H,9H2,1H3,(H2,25,34)(H,27,31)(H2,26,36,37). The average molecular weight is 620 g/mol. The number of imide groups is 3. The number of phenols is 1. The molecule has 0 saturated carbocycles. The summed E-state index contributed by atoms with van der Waals surface area (Å²) in [5.74, 6) is -4.39. The van der Waals surface area contributed by atoms with Crippen LogP contribution in [0.4, 0.5) is 10.5 Å². The molecule has 0 bridgehead atoms. The van der Waals surface area contributed by atoms with E-state index in [1.807, 2.05) is 0 Å². The molecule has 0 spiro atoms. The summed E-state index contributed by atoms with van der Waals surface area (Å²) in [6.45, 7) is -0.473. The van der Waals surface area contributed by atoms with Gasteiger partial charge in [0.05, 0.1) is 22.9 Å². The quantitative estimate of drug-likeness (QED) is 0.281. The lowest BCUT2D eigenvalue weighted by Crippen LogP contribution is -2.41. The predicted molar refractivity (Wildman–Crippen MR) is 146 cm³/mol. The van der Waals surface area contributed by atoms with Gasteiger partial charge in [-0.15, -0.1) is 0 Å². The van der Waals surface area contributed by atoms with Crippen molar-refractivity contribution >= 4 is 62.6 Å². The lowest BCUT2D eigenvalue weighted by molar-refractivity contribution is -0.135. The highest BCUT2D eigenvalue weighted by Crippen LogP contribution is 2.53. The summed E-state index contributed by atoms with van der Waals surface area (Å²) < 4.78 is 29.3. The number of thioether (sulfide) groups is 1. The minimum atomic E-state index is -3.93. The van der Waals surface area contributed by atoms with E-state index in [-0.39, 0.29) is 27.1 Å². The molecule has 2 aliphatic heterocycles. The lowest BCUT2D eigenvalue weighted by Gasteiger charge is -2.30. The summed E-state index contributed by atoms with van der Waals surface area (Å²) in [4.78, 5) is 64.5. The molecule has 2 aliphatic rings. The Hall–Kier alpha value is -4.19. The zero-order valence-electron chi connectivity index (χ0n) is 21.0. The van der Waals surface area contributed by atoms with Gasteiger partial charge in [-0.3, -0.25) is 23.7 Å². The molecule has 17 heteroatoms. The van der Waals surface area contributed by atoms with Crippen molar-refractivity contribution in [3.05, 3.63) is 62.6 Å². The summed E-state index contributed by atoms with van der Waals surface area (Å²) in [6.07, 6.45) is 0. The molecule has 0 aliphatic carbocycles. The number of fused-ring (bicyclic) bond motifs is 2. The van der Waals surface area contributed by atoms with Crippen LogP contribution in [0.3, 0.4) is 0 Å². The van der Waals surface area contributed by atoms with E-state index < -0.39 is 62.3 Å². The van der Waals surface area contributed by atoms with Crippen LogP contribution in [0.2, 0.25) is 0 Å². The van der Waals surface area contributed by atoms with Gasteiger partial charge in [-0.05, 0) is 42.0 Å². The van der Waals surface area contributed by atoms with Crippen LogP contribution < -0.4 is 25.8 Å². The number of aromatic nitrogens is 1. The fraction of sp³-hybridized carbons (Fsp3) is 0.208. The number of urea groups is 1. The van der Waals surface area contributed by atoms with Gasteiger partial charge in [0.15, 0.2) is 11.5 Å². The molecular formula is C24H21N5O9S3. The summed E-state index contributed by atoms with van der Waals surface area (Å²) in [5.41, 5.74) is 6.00. The Balaban J connectivity index is 1.54. The molecule has 41 heavy (non-hydrogen) atoms. The van der Waals surface area contributed by atoms with Gasteiger partial charge in [0.1, 0.15) is 11.8 Å². The summed E-state index contributed by atoms with van der Waals surface area (Å²) >= 11 is 1.66. The maximum atomic E-state index is 13.3. The molecular weight excluding hydrogens is 598 g/mol. The normalized spacial score (nSPS) is 20.0. The Bertz CT molecular complexity index is 1780. The maximum Gasteiger partial charge on any atom is 0.328 e. The summed E-state index contributed by atoms with van der Waals surface area (Å²) in [7, 11) is -2.60. The lowest BCUT2D eigenvalue weighted by atomic mass is 9.83. The van der Waals surface area contributed by atoms with Crippen molar-refractivity contribution in [3.63, 3.8) is 0 Å². The molecule has 1 fully saturated rings. The number of nitrogens with zero attached hydrogens (tertiary/aromatic N) is 2. The Morgan fingerprint density at radius 2 is 1.78 bits per heavy atom. The van der Waals surface area contributed by atoms with E-state index in [0.29, 0.717) is 15.3 Å². The highest BCUT2D eigenvalue weighted by atomic mass is 32.2. The number of hydrogen-bond acceptors (Lipinski definition) is 11. The number of amides is 5. The first-order chi connectivity index (χ1) is 19.3. The SMILES string of the molecule is COc1cc(C2c3sc(=O)n(CC(=O)Nc4ccc(S(N)(=O)=O)cc4)c3SC3C(=O)N(C(N)=O)C(=O)C32)ccc1O. The number of hydrogen-bond donors (Lipinski definition) is 4. The maximum absolute atomic E-state index is 13.3. The van der Waals surface area contributed by atoms with Crippen molar-refractivity contribution in [2.24, 2.45) is 16.8 Å². The van der Waals surface area contributed by atoms with E-state index in [9.17, 15) is 37.5 Å². The fourth-order valence-electron chi connectivity index (χ4n) is 4.79. The van der Waals surface area contributed by atoms with Crippen molar-refractivity contribution in [1.29, 1.82) is 0 Å². The molecule has 3 heterocycles. The van der Waals surface area contributed by atoms with E-state index in [1.165, 1.54) is 49.6 Å². The number of phenolic OH excluding ortho intramolecular Hbond substituents is 1. The minimum absolute atomic E-state index is 0.0852. The number of anilines is 1. The topological polar surface area (TPSA) is 221 Å². The smallest absolute Gasteiger partial charge is 0.328 e. The fourth-order valence-corrected chi connectivity index (χ4v) is 8.08. The van der Waals surface area contributed by atoms with Gasteiger partial charge >= 0.3 is 10.9 Å². The van der Waals surface area contributed by atoms with Crippen LogP contribution in [0.25, 0.3) is 0 Å². The van der Waals surface area contributed by atoms with E-state index in [2.05, 4.69) is 5.32 Å². The van der Waals surface area contributed by atoms with Crippen LogP contribution in [0, 0.1) is 5.92 Å². The van der Waals surface area contributed by atoms with Crippen molar-refractivity contribution in [2.75, 3.05) is 12.4 Å². The second kappa shape index (κ2) is 10.3. The molecule has 5 rings (SSSR count). The Labute approximate surface area is 239 Å². The van der Waals surface area contributed by atoms with E-state index >= 15 is 0 Å². The molecule has 3 aromatic rings. The van der Waals surface area contributed by atoms with Crippen LogP contribution in [-0.2, 0) is 31.0 Å². The third-order valence-corrected chi connectivity index (χ3v) is 10.1. The van der Waals surface area contributed by atoms with Gasteiger partial charge in [-0.25, -0.2) is 18.4 Å². The van der Waals surface area contributed by atoms with Crippen molar-refractivity contribution in [1.82, 2.24) is 9.47 Å². The van der Waals surface area contributed by atoms with Gasteiger partial charge in [0.2, 0.25) is 21.8 Å². The highest BCUT2D eigenvalue weighted by molar-refractivity contribution is 8.00. The number of benzene rings is 2. The number of rotatable bonds is 6. The Kier molecular flexibility index (Phi) is 7.14. The second-order valence-electron chi connectivity index (χ2n) is 9.06. The number of aromatic hydroxyl groups is 1. The molecule has 3 atom stereocenters. The molecule has 5 amide bonds. The molecule has 1 aromatic heterocycles. The minimum Gasteiger partial charge on any atom is -0.504 e. The first-order valence-electron chi connectivity index (χ1n) is 11.7. The Morgan fingerprint density at radius 1 is 1.10 bits per heavy atom. The number of sulfonamides is 1. The van der Waals surface area contributed by atoms with E-state index in [4.69, 9.17) is 15.6 Å². The zero-order chi connectivity index (χ0) is 29.8. The number of primary amides is 1. The first-order valence-corrected chi connectivity index (χ1v) is 14.9. The number of likely N-dealkylation sites (tertiary alicyclic amines) is 1. The number of nitrogens with one attached hydrogen (secondary N) is 1. The molecule has 3 unspecified atom stereocenters. The van der Waals surface area contributed by atoms with Crippen LogP contribution in [0.1, 0.15) is 16.4 Å². The van der Waals surface area contributed by atoms with Crippen LogP contribution in [-0.4, -0.2) is 59.1 Å². The number of methoxy groups -OCH3 is 1. The molecule has 2 aromatic carbocycles. The van der Waals surface area contributed by atoms with Gasteiger partial charge in [-0.1, -0.05) is 29.2 Å². The number of nitrogens with two attached hydrogens (primary N) is 2. The molecule has 0 radical (unpaired) electrons. The van der Waals surface area contributed by atoms with Gasteiger partial charge < -0.3 is 20.9 Å². The number of ether oxygens (including phenoxy) is 1. The highest BCUT2D eigenvalue weighted by Gasteiger charge is 2.58. The number of primary sulfonamides is 1. The average Bonchev–Trinajstić information content (AvgIpc) is 3.35. The third kappa shape index (κ3) is 4.96. The first kappa shape index (κ1) is 28.3. The molecule has 14 nitrogen and oxygen atoms in total. The molecule has 214 valence electrons. The predicted octanol–water partition coefficient (Wildman–Crippen LogP) is 0.580. The van der Waals surface area contributed by atoms with Gasteiger partial charge in [0.25, 0.3) is 5.91 Å². The van der Waals surface area contributed by atoms with Crippen LogP contribution >= 0.6 is 23.1 Å². The van der Waals surface area contributed by atoms with Gasteiger partial charge in [-0.2, -0.15) is 4.90 Å². The number of carbonyl (C=O) groups excluding carboxylic acids is 4. The molecule has 1 saturated heterocycles. The van der Waals surface area contributed by atoms with E-state index in [0.717, 1.165) is 27.7 Å². The summed E-state index contributed by atoms with van der Waals surface area (Å²) in [5, 5.41) is 16.9. The second-order valence-corrected chi connectivity index (χ2v) is 12.7. The van der Waals surface area contributed by atoms with Crippen LogP contribution in [0.5, 0.6) is 11.5 Å². The number of carbonyl (C=O) groups is 4. The monoisotopic (exact) mass is 619 g/mol. The van der Waals surface area contributed by atoms with E-state index in [1.54, 1.807) is 0 Å². The van der Waals surface area contributed by atoms with Crippen molar-refractivity contribution in [2.45, 2.75) is 27.6 Å². The Morgan fingerprint density at radius 3 is 2.39 bits per heavy atom. The van der Waals surface area contributed by atoms with Crippen molar-refractivity contribution < 1.29 is 37.4 Å². The zero-order valence-corrected chi connectivity index (χ0v) is 23.4. The number of thiazole rings is 1. The van der Waals surface area contributed by atoms with Gasteiger partial charge in [0, 0.05) is 16.5 Å². The summed E-state index contributed by atoms with van der Waals surface area (Å²) in [6, 6.07) is 8.17.